The van der Waals surface area contributed by atoms with Gasteiger partial charge in [-0.2, -0.15) is 5.10 Å². The Morgan fingerprint density at radius 3 is 2.37 bits per heavy atom. The van der Waals surface area contributed by atoms with Crippen LogP contribution in [0.15, 0.2) is 73.6 Å². The van der Waals surface area contributed by atoms with Crippen LogP contribution in [-0.4, -0.2) is 35.4 Å². The summed E-state index contributed by atoms with van der Waals surface area (Å²) in [7, 11) is 0. The number of nitrogens with one attached hydrogen (secondary N) is 1. The number of amides is 1. The molecule has 0 atom stereocenters. The maximum absolute atomic E-state index is 12.4. The topological polar surface area (TPSA) is 90.5 Å². The molecule has 4 aromatic rings. The van der Waals surface area contributed by atoms with E-state index in [1.54, 1.807) is 34.2 Å². The molecule has 0 saturated carbocycles. The van der Waals surface area contributed by atoms with Gasteiger partial charge in [-0.3, -0.25) is 10.1 Å². The fraction of sp³-hybridized carbons (Fsp3) is 0.105. The fourth-order valence-electron chi connectivity index (χ4n) is 2.64. The summed E-state index contributed by atoms with van der Waals surface area (Å²) in [5.41, 5.74) is 2.68. The molecule has 4 rings (SSSR count). The molecule has 1 N–H and O–H groups in total. The number of benzene rings is 2. The molecule has 134 valence electrons. The van der Waals surface area contributed by atoms with E-state index in [2.05, 4.69) is 25.5 Å². The van der Waals surface area contributed by atoms with E-state index in [0.29, 0.717) is 18.7 Å². The molecule has 8 nitrogen and oxygen atoms in total. The molecule has 1 amide bonds. The van der Waals surface area contributed by atoms with E-state index >= 15 is 0 Å². The number of hydrogen-bond donors (Lipinski definition) is 1. The Bertz CT molecular complexity index is 1010. The van der Waals surface area contributed by atoms with E-state index in [1.165, 1.54) is 6.33 Å². The normalized spacial score (nSPS) is 10.7. The third-order valence-corrected chi connectivity index (χ3v) is 3.98. The van der Waals surface area contributed by atoms with Gasteiger partial charge in [0.2, 0.25) is 5.95 Å². The predicted molar refractivity (Wildman–Crippen MR) is 99.1 cm³/mol. The van der Waals surface area contributed by atoms with Gasteiger partial charge in [-0.15, -0.1) is 5.10 Å². The Morgan fingerprint density at radius 2 is 1.63 bits per heavy atom. The molecule has 0 aliphatic carbocycles. The fourth-order valence-corrected chi connectivity index (χ4v) is 2.64. The van der Waals surface area contributed by atoms with Crippen LogP contribution < -0.4 is 5.32 Å². The van der Waals surface area contributed by atoms with Crippen LogP contribution >= 0.6 is 0 Å². The van der Waals surface area contributed by atoms with Gasteiger partial charge in [-0.25, -0.2) is 19.3 Å². The quantitative estimate of drug-likeness (QED) is 0.570. The van der Waals surface area contributed by atoms with E-state index in [4.69, 9.17) is 0 Å². The Hall–Kier alpha value is -3.81. The molecular formula is C19H17N7O. The monoisotopic (exact) mass is 359 g/mol. The molecule has 2 heterocycles. The molecule has 0 bridgehead atoms. The molecule has 2 aromatic carbocycles. The van der Waals surface area contributed by atoms with Gasteiger partial charge in [0.05, 0.1) is 13.1 Å². The minimum absolute atomic E-state index is 0.250. The molecule has 0 spiro atoms. The lowest BCUT2D eigenvalue weighted by Crippen LogP contribution is -2.13. The zero-order valence-electron chi connectivity index (χ0n) is 14.4. The Morgan fingerprint density at radius 1 is 0.889 bits per heavy atom. The van der Waals surface area contributed by atoms with Crippen molar-refractivity contribution in [2.45, 2.75) is 13.1 Å². The van der Waals surface area contributed by atoms with Gasteiger partial charge in [0.1, 0.15) is 19.0 Å². The van der Waals surface area contributed by atoms with Crippen molar-refractivity contribution >= 4 is 11.9 Å². The molecule has 0 radical (unpaired) electrons. The van der Waals surface area contributed by atoms with E-state index in [-0.39, 0.29) is 11.9 Å². The SMILES string of the molecule is O=C(Nc1ncn(Cc2ccccc2)n1)c1ccc(Cn2cncn2)cc1. The third kappa shape index (κ3) is 4.24. The minimum Gasteiger partial charge on any atom is -0.289 e. The Kier molecular flexibility index (Phi) is 4.69. The highest BCUT2D eigenvalue weighted by atomic mass is 16.1. The van der Waals surface area contributed by atoms with Crippen molar-refractivity contribution in [2.24, 2.45) is 0 Å². The standard InChI is InChI=1S/C19H17N7O/c27-18(17-8-6-16(7-9-17)10-25-13-20-12-22-25)23-19-21-14-26(24-19)11-15-4-2-1-3-5-15/h1-9,12-14H,10-11H2,(H,23,24,27). The van der Waals surface area contributed by atoms with Crippen molar-refractivity contribution in [3.63, 3.8) is 0 Å². The zero-order valence-corrected chi connectivity index (χ0v) is 14.4. The summed E-state index contributed by atoms with van der Waals surface area (Å²) in [6.07, 6.45) is 4.74. The van der Waals surface area contributed by atoms with Gasteiger partial charge in [-0.1, -0.05) is 42.5 Å². The highest BCUT2D eigenvalue weighted by Crippen LogP contribution is 2.09. The van der Waals surface area contributed by atoms with Gasteiger partial charge in [-0.05, 0) is 23.3 Å². The van der Waals surface area contributed by atoms with Crippen molar-refractivity contribution in [1.29, 1.82) is 0 Å². The predicted octanol–water partition coefficient (Wildman–Crippen LogP) is 2.22. The molecule has 0 unspecified atom stereocenters. The second-order valence-electron chi connectivity index (χ2n) is 6.00. The maximum Gasteiger partial charge on any atom is 0.258 e. The lowest BCUT2D eigenvalue weighted by molar-refractivity contribution is 0.102. The van der Waals surface area contributed by atoms with Crippen LogP contribution in [0.5, 0.6) is 0 Å². The van der Waals surface area contributed by atoms with Crippen LogP contribution in [0, 0.1) is 0 Å². The Labute approximate surface area is 155 Å². The smallest absolute Gasteiger partial charge is 0.258 e. The lowest BCUT2D eigenvalue weighted by atomic mass is 10.1. The summed E-state index contributed by atoms with van der Waals surface area (Å²) in [5, 5.41) is 11.1. The number of nitrogens with zero attached hydrogens (tertiary/aromatic N) is 6. The summed E-state index contributed by atoms with van der Waals surface area (Å²) in [5.74, 6) is 0.0300. The van der Waals surface area contributed by atoms with Crippen molar-refractivity contribution < 1.29 is 4.79 Å². The first-order valence-electron chi connectivity index (χ1n) is 8.42. The number of rotatable bonds is 6. The largest absolute Gasteiger partial charge is 0.289 e. The first-order valence-corrected chi connectivity index (χ1v) is 8.42. The van der Waals surface area contributed by atoms with Crippen LogP contribution in [0.4, 0.5) is 5.95 Å². The van der Waals surface area contributed by atoms with Gasteiger partial charge in [0.15, 0.2) is 0 Å². The van der Waals surface area contributed by atoms with E-state index in [0.717, 1.165) is 11.1 Å². The Balaban J connectivity index is 1.37. The summed E-state index contributed by atoms with van der Waals surface area (Å²) >= 11 is 0. The minimum atomic E-state index is -0.250. The van der Waals surface area contributed by atoms with Crippen LogP contribution in [0.3, 0.4) is 0 Å². The highest BCUT2D eigenvalue weighted by Gasteiger charge is 2.09. The van der Waals surface area contributed by atoms with Crippen LogP contribution in [0.1, 0.15) is 21.5 Å². The molecule has 8 heteroatoms. The van der Waals surface area contributed by atoms with Crippen LogP contribution in [-0.2, 0) is 13.1 Å². The van der Waals surface area contributed by atoms with Crippen molar-refractivity contribution in [1.82, 2.24) is 29.5 Å². The molecule has 0 saturated heterocycles. The molecule has 0 aliphatic rings. The van der Waals surface area contributed by atoms with Gasteiger partial charge in [0.25, 0.3) is 5.91 Å². The van der Waals surface area contributed by atoms with Gasteiger partial charge < -0.3 is 0 Å². The van der Waals surface area contributed by atoms with Gasteiger partial charge in [0, 0.05) is 5.56 Å². The zero-order chi connectivity index (χ0) is 18.5. The first kappa shape index (κ1) is 16.6. The van der Waals surface area contributed by atoms with Crippen LogP contribution in [0.25, 0.3) is 0 Å². The van der Waals surface area contributed by atoms with Gasteiger partial charge >= 0.3 is 0 Å². The third-order valence-electron chi connectivity index (χ3n) is 3.98. The number of hydrogen-bond acceptors (Lipinski definition) is 5. The molecule has 0 fully saturated rings. The first-order chi connectivity index (χ1) is 13.3. The summed E-state index contributed by atoms with van der Waals surface area (Å²) in [6.45, 7) is 1.20. The second kappa shape index (κ2) is 7.61. The second-order valence-corrected chi connectivity index (χ2v) is 6.00. The number of anilines is 1. The summed E-state index contributed by atoms with van der Waals surface area (Å²) < 4.78 is 3.41. The van der Waals surface area contributed by atoms with E-state index in [9.17, 15) is 4.79 Å². The summed E-state index contributed by atoms with van der Waals surface area (Å²) in [4.78, 5) is 20.4. The highest BCUT2D eigenvalue weighted by molar-refractivity contribution is 6.03. The molecule has 2 aromatic heterocycles. The average molecular weight is 359 g/mol. The molecule has 0 aliphatic heterocycles. The number of carbonyl (C=O) groups excluding carboxylic acids is 1. The average Bonchev–Trinajstić information content (AvgIpc) is 3.35. The number of carbonyl (C=O) groups is 1. The van der Waals surface area contributed by atoms with Crippen molar-refractivity contribution in [3.05, 3.63) is 90.3 Å². The lowest BCUT2D eigenvalue weighted by Gasteiger charge is -2.04. The van der Waals surface area contributed by atoms with Crippen LogP contribution in [0.2, 0.25) is 0 Å². The van der Waals surface area contributed by atoms with Crippen molar-refractivity contribution in [3.8, 4) is 0 Å². The molecule has 27 heavy (non-hydrogen) atoms. The number of aromatic nitrogens is 6. The van der Waals surface area contributed by atoms with E-state index < -0.39 is 0 Å². The van der Waals surface area contributed by atoms with Crippen molar-refractivity contribution in [2.75, 3.05) is 5.32 Å². The van der Waals surface area contributed by atoms with E-state index in [1.807, 2.05) is 42.5 Å². The maximum atomic E-state index is 12.4. The molecular weight excluding hydrogens is 342 g/mol. The summed E-state index contributed by atoms with van der Waals surface area (Å²) in [6, 6.07) is 17.2.